The average Bonchev–Trinajstić information content (AvgIpc) is 3.05. The fourth-order valence-corrected chi connectivity index (χ4v) is 5.79. The number of piperidine rings is 1. The summed E-state index contributed by atoms with van der Waals surface area (Å²) in [7, 11) is -0.538. The Morgan fingerprint density at radius 2 is 1.97 bits per heavy atom. The predicted molar refractivity (Wildman–Crippen MR) is 139 cm³/mol. The Morgan fingerprint density at radius 3 is 2.72 bits per heavy atom. The van der Waals surface area contributed by atoms with Crippen molar-refractivity contribution in [2.75, 3.05) is 52.5 Å². The highest BCUT2D eigenvalue weighted by atomic mass is 35.5. The maximum Gasteiger partial charge on any atom is 0.376 e. The molecule has 194 valence electrons. The van der Waals surface area contributed by atoms with Gasteiger partial charge >= 0.3 is 7.05 Å². The van der Waals surface area contributed by atoms with Gasteiger partial charge in [0.25, 0.3) is 0 Å². The highest BCUT2D eigenvalue weighted by molar-refractivity contribution is 6.45. The van der Waals surface area contributed by atoms with Crippen LogP contribution in [0.15, 0.2) is 24.3 Å². The van der Waals surface area contributed by atoms with Gasteiger partial charge in [-0.15, -0.1) is 0 Å². The Bertz CT molecular complexity index is 1070. The summed E-state index contributed by atoms with van der Waals surface area (Å²) in [6, 6.07) is 6.62. The molecule has 2 saturated heterocycles. The number of likely N-dealkylation sites (tertiary alicyclic amines) is 1. The van der Waals surface area contributed by atoms with Crippen molar-refractivity contribution >= 4 is 18.7 Å². The molecular formula is C26H34BClFN3O4. The number of rotatable bonds is 6. The number of benzene rings is 2. The van der Waals surface area contributed by atoms with Gasteiger partial charge in [0, 0.05) is 43.9 Å². The molecule has 7 nitrogen and oxygen atoms in total. The summed E-state index contributed by atoms with van der Waals surface area (Å²) < 4.78 is 28.5. The van der Waals surface area contributed by atoms with E-state index in [1.165, 1.54) is 25.3 Å². The van der Waals surface area contributed by atoms with Crippen molar-refractivity contribution < 1.29 is 24.0 Å². The monoisotopic (exact) mass is 517 g/mol. The molecule has 0 aliphatic carbocycles. The van der Waals surface area contributed by atoms with E-state index in [1.54, 1.807) is 19.0 Å². The molecule has 3 heterocycles. The molecule has 0 unspecified atom stereocenters. The quantitative estimate of drug-likeness (QED) is 0.566. The molecule has 2 aromatic carbocycles. The van der Waals surface area contributed by atoms with Gasteiger partial charge in [-0.25, -0.2) is 4.39 Å². The number of hydrogen-bond acceptors (Lipinski definition) is 7. The Kier molecular flexibility index (Phi) is 7.93. The normalized spacial score (nSPS) is 21.3. The second-order valence-corrected chi connectivity index (χ2v) is 10.4. The van der Waals surface area contributed by atoms with Gasteiger partial charge in [0.15, 0.2) is 11.6 Å². The molecule has 2 aromatic rings. The van der Waals surface area contributed by atoms with Gasteiger partial charge in [0.2, 0.25) is 0 Å². The third kappa shape index (κ3) is 5.31. The van der Waals surface area contributed by atoms with E-state index >= 15 is 4.39 Å². The van der Waals surface area contributed by atoms with Crippen molar-refractivity contribution in [3.8, 4) is 28.4 Å². The molecule has 0 bridgehead atoms. The molecule has 2 fully saturated rings. The summed E-state index contributed by atoms with van der Waals surface area (Å²) in [5, 5.41) is 20.9. The first-order valence-electron chi connectivity index (χ1n) is 12.9. The molecule has 0 radical (unpaired) electrons. The minimum atomic E-state index is -0.573. The van der Waals surface area contributed by atoms with E-state index < -0.39 is 12.9 Å². The summed E-state index contributed by atoms with van der Waals surface area (Å²) in [5.41, 5.74) is 1.04. The summed E-state index contributed by atoms with van der Waals surface area (Å²) in [6.45, 7) is 7.97. The van der Waals surface area contributed by atoms with Crippen molar-refractivity contribution in [2.45, 2.75) is 38.7 Å². The van der Waals surface area contributed by atoms with Gasteiger partial charge in [-0.2, -0.15) is 0 Å². The van der Waals surface area contributed by atoms with Crippen molar-refractivity contribution in [2.24, 2.45) is 0 Å². The Morgan fingerprint density at radius 1 is 1.17 bits per heavy atom. The van der Waals surface area contributed by atoms with Crippen LogP contribution in [-0.2, 0) is 6.54 Å². The van der Waals surface area contributed by atoms with E-state index in [0.29, 0.717) is 37.6 Å². The van der Waals surface area contributed by atoms with Crippen molar-refractivity contribution in [1.29, 1.82) is 0 Å². The highest BCUT2D eigenvalue weighted by Crippen LogP contribution is 2.47. The zero-order chi connectivity index (χ0) is 25.2. The van der Waals surface area contributed by atoms with Crippen LogP contribution in [0.25, 0.3) is 11.1 Å². The van der Waals surface area contributed by atoms with Crippen LogP contribution in [0.5, 0.6) is 17.2 Å². The standard InChI is InChI=1S/C26H34BClFN3O4/c1-27(34)32-11-10-31-15-18-14-22(35-13-12-30-8-3-2-4-9-30)24(23-20(28)6-5-7-21(23)33)25(29)26(18)36-17-19(31)16-32/h5-7,14,19,33-34H,2-4,8-13,15-17H2,1H3/t19-/m1/s1. The summed E-state index contributed by atoms with van der Waals surface area (Å²) in [5.74, 6) is -0.154. The van der Waals surface area contributed by atoms with Crippen LogP contribution in [-0.4, -0.2) is 90.3 Å². The summed E-state index contributed by atoms with van der Waals surface area (Å²) in [6.07, 6.45) is 3.63. The first-order valence-corrected chi connectivity index (χ1v) is 13.3. The molecular weight excluding hydrogens is 484 g/mol. The molecule has 1 atom stereocenters. The van der Waals surface area contributed by atoms with Crippen molar-refractivity contribution in [1.82, 2.24) is 14.6 Å². The van der Waals surface area contributed by atoms with Gasteiger partial charge in [-0.1, -0.05) is 24.1 Å². The number of phenolic OH excluding ortho intramolecular Hbond substituents is 1. The number of halogens is 2. The largest absolute Gasteiger partial charge is 0.507 e. The molecule has 5 rings (SSSR count). The molecule has 0 saturated carbocycles. The molecule has 10 heteroatoms. The first kappa shape index (κ1) is 25.6. The van der Waals surface area contributed by atoms with Crippen LogP contribution >= 0.6 is 11.6 Å². The SMILES string of the molecule is CB(O)N1CCN2Cc3cc(OCCN4CCCCC4)c(-c4c(O)cccc4Cl)c(F)c3OC[C@H]2C1. The maximum atomic E-state index is 16.3. The lowest BCUT2D eigenvalue weighted by Crippen LogP contribution is -2.57. The van der Waals surface area contributed by atoms with Crippen LogP contribution in [0.1, 0.15) is 24.8 Å². The average molecular weight is 518 g/mol. The topological polar surface area (TPSA) is 68.6 Å². The van der Waals surface area contributed by atoms with Crippen LogP contribution < -0.4 is 9.47 Å². The second kappa shape index (κ2) is 11.1. The molecule has 36 heavy (non-hydrogen) atoms. The molecule has 0 spiro atoms. The number of phenols is 1. The Balaban J connectivity index is 1.48. The highest BCUT2D eigenvalue weighted by Gasteiger charge is 2.35. The summed E-state index contributed by atoms with van der Waals surface area (Å²) >= 11 is 6.46. The van der Waals surface area contributed by atoms with Crippen LogP contribution in [0.3, 0.4) is 0 Å². The van der Waals surface area contributed by atoms with E-state index in [1.807, 2.05) is 10.9 Å². The molecule has 0 amide bonds. The smallest absolute Gasteiger partial charge is 0.376 e. The van der Waals surface area contributed by atoms with Gasteiger partial charge in [-0.05, 0) is 51.0 Å². The number of ether oxygens (including phenoxy) is 2. The van der Waals surface area contributed by atoms with E-state index in [-0.39, 0.29) is 33.7 Å². The fourth-order valence-electron chi connectivity index (χ4n) is 5.53. The number of nitrogens with zero attached hydrogens (tertiary/aromatic N) is 3. The van der Waals surface area contributed by atoms with Crippen LogP contribution in [0, 0.1) is 5.82 Å². The number of piperazine rings is 1. The Hall–Kier alpha value is -2.04. The molecule has 2 N–H and O–H groups in total. The minimum Gasteiger partial charge on any atom is -0.507 e. The number of fused-ring (bicyclic) bond motifs is 2. The lowest BCUT2D eigenvalue weighted by atomic mass is 9.83. The van der Waals surface area contributed by atoms with Gasteiger partial charge in [-0.3, -0.25) is 9.80 Å². The van der Waals surface area contributed by atoms with Crippen LogP contribution in [0.2, 0.25) is 11.8 Å². The number of aromatic hydroxyl groups is 1. The van der Waals surface area contributed by atoms with E-state index in [4.69, 9.17) is 21.1 Å². The lowest BCUT2D eigenvalue weighted by Gasteiger charge is -2.40. The van der Waals surface area contributed by atoms with Gasteiger partial charge in [0.1, 0.15) is 24.7 Å². The van der Waals surface area contributed by atoms with Crippen molar-refractivity contribution in [3.05, 3.63) is 40.7 Å². The number of hydrogen-bond donors (Lipinski definition) is 2. The molecule has 0 aromatic heterocycles. The van der Waals surface area contributed by atoms with E-state index in [0.717, 1.165) is 32.7 Å². The van der Waals surface area contributed by atoms with E-state index in [9.17, 15) is 10.1 Å². The first-order chi connectivity index (χ1) is 17.4. The zero-order valence-corrected chi connectivity index (χ0v) is 21.5. The van der Waals surface area contributed by atoms with Gasteiger partial charge in [0.05, 0.1) is 16.6 Å². The fraction of sp³-hybridized carbons (Fsp3) is 0.538. The second-order valence-electron chi connectivity index (χ2n) is 10.00. The third-order valence-electron chi connectivity index (χ3n) is 7.58. The van der Waals surface area contributed by atoms with E-state index in [2.05, 4.69) is 9.80 Å². The van der Waals surface area contributed by atoms with Crippen LogP contribution in [0.4, 0.5) is 4.39 Å². The summed E-state index contributed by atoms with van der Waals surface area (Å²) in [4.78, 5) is 6.64. The molecule has 3 aliphatic rings. The van der Waals surface area contributed by atoms with Crippen molar-refractivity contribution in [3.63, 3.8) is 0 Å². The minimum absolute atomic E-state index is 0.0285. The molecule has 3 aliphatic heterocycles. The third-order valence-corrected chi connectivity index (χ3v) is 7.89. The van der Waals surface area contributed by atoms with Gasteiger partial charge < -0.3 is 24.4 Å². The zero-order valence-electron chi connectivity index (χ0n) is 20.8. The predicted octanol–water partition coefficient (Wildman–Crippen LogP) is 3.71. The maximum absolute atomic E-state index is 16.3. The Labute approximate surface area is 217 Å². The lowest BCUT2D eigenvalue weighted by molar-refractivity contribution is 0.0781.